The molecule has 0 amide bonds. The molecule has 0 unspecified atom stereocenters. The molecule has 6 heteroatoms. The highest BCUT2D eigenvalue weighted by molar-refractivity contribution is 6.70. The lowest BCUT2D eigenvalue weighted by Gasteiger charge is -2.19. The lowest BCUT2D eigenvalue weighted by molar-refractivity contribution is -0.385. The first-order valence-electron chi connectivity index (χ1n) is 4.77. The number of carbonyl (C=O) groups excluding carboxylic acids is 1. The SMILES string of the molecule is C[Si](C)(C)Oc1cccc(C=O)c1[N+](=O)[O-]. The number of nitro benzene ring substituents is 1. The third kappa shape index (κ3) is 2.90. The minimum absolute atomic E-state index is 0.0424. The Morgan fingerprint density at radius 1 is 1.38 bits per heavy atom. The molecule has 0 radical (unpaired) electrons. The van der Waals surface area contributed by atoms with Gasteiger partial charge in [-0.15, -0.1) is 0 Å². The van der Waals surface area contributed by atoms with E-state index in [9.17, 15) is 14.9 Å². The summed E-state index contributed by atoms with van der Waals surface area (Å²) in [5.74, 6) is 0.175. The van der Waals surface area contributed by atoms with Gasteiger partial charge in [-0.2, -0.15) is 0 Å². The Morgan fingerprint density at radius 3 is 2.44 bits per heavy atom. The lowest BCUT2D eigenvalue weighted by Crippen LogP contribution is -2.29. The van der Waals surface area contributed by atoms with Crippen molar-refractivity contribution in [3.63, 3.8) is 0 Å². The molecule has 0 aliphatic carbocycles. The van der Waals surface area contributed by atoms with E-state index in [2.05, 4.69) is 0 Å². The van der Waals surface area contributed by atoms with Crippen molar-refractivity contribution >= 4 is 20.3 Å². The van der Waals surface area contributed by atoms with E-state index in [1.807, 2.05) is 19.6 Å². The first-order chi connectivity index (χ1) is 7.35. The Hall–Kier alpha value is -1.69. The van der Waals surface area contributed by atoms with Crippen molar-refractivity contribution in [3.05, 3.63) is 33.9 Å². The van der Waals surface area contributed by atoms with Crippen molar-refractivity contribution in [2.45, 2.75) is 19.6 Å². The predicted octanol–water partition coefficient (Wildman–Crippen LogP) is 2.62. The first kappa shape index (κ1) is 12.4. The summed E-state index contributed by atoms with van der Waals surface area (Å²) in [6, 6.07) is 4.50. The zero-order chi connectivity index (χ0) is 12.3. The van der Waals surface area contributed by atoms with E-state index in [1.165, 1.54) is 12.1 Å². The van der Waals surface area contributed by atoms with Crippen LogP contribution in [0.5, 0.6) is 5.75 Å². The topological polar surface area (TPSA) is 69.4 Å². The van der Waals surface area contributed by atoms with Gasteiger partial charge >= 0.3 is 5.69 Å². The summed E-state index contributed by atoms with van der Waals surface area (Å²) in [5, 5.41) is 10.9. The van der Waals surface area contributed by atoms with Crippen LogP contribution in [0.3, 0.4) is 0 Å². The van der Waals surface area contributed by atoms with Gasteiger partial charge in [-0.05, 0) is 31.8 Å². The van der Waals surface area contributed by atoms with E-state index in [4.69, 9.17) is 4.43 Å². The molecule has 0 saturated heterocycles. The van der Waals surface area contributed by atoms with Gasteiger partial charge in [0.15, 0.2) is 12.0 Å². The number of aldehydes is 1. The minimum Gasteiger partial charge on any atom is -0.540 e. The van der Waals surface area contributed by atoms with Crippen LogP contribution >= 0.6 is 0 Å². The highest BCUT2D eigenvalue weighted by atomic mass is 28.4. The van der Waals surface area contributed by atoms with Crippen molar-refractivity contribution in [1.82, 2.24) is 0 Å². The second-order valence-electron chi connectivity index (χ2n) is 4.28. The van der Waals surface area contributed by atoms with Crippen LogP contribution in [0, 0.1) is 10.1 Å². The van der Waals surface area contributed by atoms with Crippen molar-refractivity contribution in [1.29, 1.82) is 0 Å². The van der Waals surface area contributed by atoms with E-state index >= 15 is 0 Å². The van der Waals surface area contributed by atoms with E-state index < -0.39 is 13.2 Å². The monoisotopic (exact) mass is 239 g/mol. The fourth-order valence-electron chi connectivity index (χ4n) is 1.24. The molecule has 0 atom stereocenters. The molecule has 0 N–H and O–H groups in total. The van der Waals surface area contributed by atoms with Crippen LogP contribution in [-0.2, 0) is 0 Å². The number of rotatable bonds is 4. The zero-order valence-electron chi connectivity index (χ0n) is 9.39. The molecule has 1 rings (SSSR count). The number of nitro groups is 1. The van der Waals surface area contributed by atoms with Gasteiger partial charge in [0.1, 0.15) is 0 Å². The Morgan fingerprint density at radius 2 is 2.00 bits per heavy atom. The Kier molecular flexibility index (Phi) is 3.43. The maximum Gasteiger partial charge on any atom is 0.319 e. The lowest BCUT2D eigenvalue weighted by atomic mass is 10.2. The molecule has 0 aliphatic rings. The Balaban J connectivity index is 3.28. The number of hydrogen-bond acceptors (Lipinski definition) is 4. The van der Waals surface area contributed by atoms with Crippen molar-refractivity contribution < 1.29 is 14.1 Å². The minimum atomic E-state index is -1.93. The summed E-state index contributed by atoms with van der Waals surface area (Å²) in [6.07, 6.45) is 0.467. The standard InChI is InChI=1S/C10H13NO4Si/c1-16(2,3)15-9-6-4-5-8(7-12)10(9)11(13)14/h4-7H,1-3H3. The molecule has 0 saturated carbocycles. The Bertz CT molecular complexity index is 425. The second kappa shape index (κ2) is 4.44. The quantitative estimate of drug-likeness (QED) is 0.350. The predicted molar refractivity (Wildman–Crippen MR) is 62.5 cm³/mol. The molecule has 1 aromatic rings. The largest absolute Gasteiger partial charge is 0.540 e. The molecule has 0 spiro atoms. The maximum absolute atomic E-state index is 10.9. The summed E-state index contributed by atoms with van der Waals surface area (Å²) < 4.78 is 5.57. The van der Waals surface area contributed by atoms with Gasteiger partial charge in [0.25, 0.3) is 0 Å². The number of hydrogen-bond donors (Lipinski definition) is 0. The summed E-state index contributed by atoms with van der Waals surface area (Å²) in [6.45, 7) is 5.76. The van der Waals surface area contributed by atoms with Crippen LogP contribution in [0.1, 0.15) is 10.4 Å². The maximum atomic E-state index is 10.9. The van der Waals surface area contributed by atoms with Gasteiger partial charge in [-0.1, -0.05) is 6.07 Å². The van der Waals surface area contributed by atoms with E-state index in [1.54, 1.807) is 6.07 Å². The first-order valence-corrected chi connectivity index (χ1v) is 8.17. The molecular formula is C10H13NO4Si. The van der Waals surface area contributed by atoms with Crippen LogP contribution in [-0.4, -0.2) is 19.5 Å². The average Bonchev–Trinajstić information content (AvgIpc) is 2.14. The van der Waals surface area contributed by atoms with E-state index in [-0.39, 0.29) is 17.0 Å². The number of benzene rings is 1. The van der Waals surface area contributed by atoms with Gasteiger partial charge < -0.3 is 4.43 Å². The highest BCUT2D eigenvalue weighted by Gasteiger charge is 2.25. The summed E-state index contributed by atoms with van der Waals surface area (Å²) in [5.41, 5.74) is -0.208. The summed E-state index contributed by atoms with van der Waals surface area (Å²) in [7, 11) is -1.93. The van der Waals surface area contributed by atoms with Crippen molar-refractivity contribution in [3.8, 4) is 5.75 Å². The Labute approximate surface area is 94.3 Å². The van der Waals surface area contributed by atoms with Gasteiger partial charge in [0, 0.05) is 0 Å². The molecule has 1 aromatic carbocycles. The van der Waals surface area contributed by atoms with Gasteiger partial charge in [0.05, 0.1) is 10.5 Å². The van der Waals surface area contributed by atoms with Crippen molar-refractivity contribution in [2.75, 3.05) is 0 Å². The van der Waals surface area contributed by atoms with Crippen LogP contribution in [0.4, 0.5) is 5.69 Å². The van der Waals surface area contributed by atoms with Gasteiger partial charge in [0.2, 0.25) is 8.32 Å². The molecule has 0 aromatic heterocycles. The zero-order valence-corrected chi connectivity index (χ0v) is 10.4. The molecule has 0 heterocycles. The molecule has 86 valence electrons. The fraction of sp³-hybridized carbons (Fsp3) is 0.300. The van der Waals surface area contributed by atoms with Crippen LogP contribution in [0.15, 0.2) is 18.2 Å². The van der Waals surface area contributed by atoms with E-state index in [0.717, 1.165) is 0 Å². The molecular weight excluding hydrogens is 226 g/mol. The second-order valence-corrected chi connectivity index (χ2v) is 8.71. The van der Waals surface area contributed by atoms with Crippen LogP contribution < -0.4 is 4.43 Å². The summed E-state index contributed by atoms with van der Waals surface area (Å²) >= 11 is 0. The van der Waals surface area contributed by atoms with Crippen LogP contribution in [0.2, 0.25) is 19.6 Å². The van der Waals surface area contributed by atoms with Gasteiger partial charge in [-0.3, -0.25) is 14.9 Å². The highest BCUT2D eigenvalue weighted by Crippen LogP contribution is 2.31. The number of para-hydroxylation sites is 1. The smallest absolute Gasteiger partial charge is 0.319 e. The molecule has 0 fully saturated rings. The van der Waals surface area contributed by atoms with Gasteiger partial charge in [-0.25, -0.2) is 0 Å². The molecule has 0 bridgehead atoms. The molecule has 16 heavy (non-hydrogen) atoms. The van der Waals surface area contributed by atoms with Crippen molar-refractivity contribution in [2.24, 2.45) is 0 Å². The fourth-order valence-corrected chi connectivity index (χ4v) is 2.07. The number of nitrogens with zero attached hydrogens (tertiary/aromatic N) is 1. The average molecular weight is 239 g/mol. The van der Waals surface area contributed by atoms with Crippen LogP contribution in [0.25, 0.3) is 0 Å². The third-order valence-corrected chi connectivity index (χ3v) is 2.59. The third-order valence-electron chi connectivity index (χ3n) is 1.76. The summed E-state index contributed by atoms with van der Waals surface area (Å²) in [4.78, 5) is 21.0. The molecule has 0 aliphatic heterocycles. The number of carbonyl (C=O) groups is 1. The van der Waals surface area contributed by atoms with E-state index in [0.29, 0.717) is 6.29 Å². The normalized spacial score (nSPS) is 10.9. The molecule has 5 nitrogen and oxygen atoms in total.